The summed E-state index contributed by atoms with van der Waals surface area (Å²) in [5.74, 6) is 0.635. The zero-order valence-electron chi connectivity index (χ0n) is 14.8. The Kier molecular flexibility index (Phi) is 5.87. The second-order valence-corrected chi connectivity index (χ2v) is 6.96. The first kappa shape index (κ1) is 18.0. The van der Waals surface area contributed by atoms with Crippen molar-refractivity contribution >= 4 is 23.3 Å². The van der Waals surface area contributed by atoms with E-state index >= 15 is 0 Å². The molecule has 0 unspecified atom stereocenters. The van der Waals surface area contributed by atoms with Gasteiger partial charge >= 0.3 is 0 Å². The van der Waals surface area contributed by atoms with Gasteiger partial charge in [0, 0.05) is 11.0 Å². The topological polar surface area (TPSA) is 38.3 Å². The van der Waals surface area contributed by atoms with Gasteiger partial charge in [-0.3, -0.25) is 4.79 Å². The number of carbonyl (C=O) groups excluding carboxylic acids is 1. The van der Waals surface area contributed by atoms with Gasteiger partial charge in [0.05, 0.1) is 13.2 Å². The van der Waals surface area contributed by atoms with Gasteiger partial charge in [-0.1, -0.05) is 48.0 Å². The number of thiophene rings is 1. The van der Waals surface area contributed by atoms with Crippen molar-refractivity contribution < 1.29 is 9.53 Å². The fourth-order valence-electron chi connectivity index (χ4n) is 2.64. The summed E-state index contributed by atoms with van der Waals surface area (Å²) in [4.78, 5) is 13.6. The molecule has 0 aliphatic heterocycles. The average Bonchev–Trinajstić information content (AvgIpc) is 3.20. The van der Waals surface area contributed by atoms with Crippen molar-refractivity contribution in [2.24, 2.45) is 0 Å². The number of aryl methyl sites for hydroxylation is 1. The highest BCUT2D eigenvalue weighted by molar-refractivity contribution is 7.10. The summed E-state index contributed by atoms with van der Waals surface area (Å²) in [6.45, 7) is 2.05. The number of benzene rings is 2. The Balaban J connectivity index is 1.77. The highest BCUT2D eigenvalue weighted by Crippen LogP contribution is 2.26. The maximum atomic E-state index is 12.5. The summed E-state index contributed by atoms with van der Waals surface area (Å²) in [6, 6.07) is 19.7. The standard InChI is InChI=1S/C22H21NO2S/c1-16-8-11-18(12-9-16)22(20-7-4-14-26-20)23-21(24)13-10-17-5-3-6-19(15-17)25-2/h3-15,22H,1-2H3,(H,23,24)/b13-10+/t22-/m1/s1. The van der Waals surface area contributed by atoms with Crippen molar-refractivity contribution in [2.45, 2.75) is 13.0 Å². The zero-order chi connectivity index (χ0) is 18.4. The number of amides is 1. The van der Waals surface area contributed by atoms with Gasteiger partial charge in [0.25, 0.3) is 0 Å². The van der Waals surface area contributed by atoms with Crippen molar-refractivity contribution in [1.82, 2.24) is 5.32 Å². The molecule has 132 valence electrons. The lowest BCUT2D eigenvalue weighted by molar-refractivity contribution is -0.116. The number of ether oxygens (including phenoxy) is 1. The quantitative estimate of drug-likeness (QED) is 0.627. The monoisotopic (exact) mass is 363 g/mol. The number of hydrogen-bond acceptors (Lipinski definition) is 3. The maximum Gasteiger partial charge on any atom is 0.244 e. The molecule has 0 bridgehead atoms. The highest BCUT2D eigenvalue weighted by atomic mass is 32.1. The Bertz CT molecular complexity index is 883. The number of nitrogens with one attached hydrogen (secondary N) is 1. The third kappa shape index (κ3) is 4.61. The normalized spacial score (nSPS) is 12.1. The molecule has 0 spiro atoms. The van der Waals surface area contributed by atoms with E-state index in [0.717, 1.165) is 21.8 Å². The van der Waals surface area contributed by atoms with Gasteiger partial charge in [-0.25, -0.2) is 0 Å². The van der Waals surface area contributed by atoms with Gasteiger partial charge in [0.2, 0.25) is 5.91 Å². The van der Waals surface area contributed by atoms with E-state index in [-0.39, 0.29) is 11.9 Å². The predicted molar refractivity (Wildman–Crippen MR) is 108 cm³/mol. The molecule has 0 radical (unpaired) electrons. The van der Waals surface area contributed by atoms with Crippen LogP contribution in [0.3, 0.4) is 0 Å². The van der Waals surface area contributed by atoms with Crippen LogP contribution in [0.5, 0.6) is 5.75 Å². The summed E-state index contributed by atoms with van der Waals surface area (Å²) in [6.07, 6.45) is 3.35. The number of hydrogen-bond donors (Lipinski definition) is 1. The number of methoxy groups -OCH3 is 1. The second kappa shape index (κ2) is 8.50. The molecule has 3 aromatic rings. The van der Waals surface area contributed by atoms with Crippen LogP contribution in [-0.2, 0) is 4.79 Å². The van der Waals surface area contributed by atoms with Crippen LogP contribution in [0.2, 0.25) is 0 Å². The van der Waals surface area contributed by atoms with Gasteiger partial charge in [-0.05, 0) is 47.7 Å². The molecule has 0 saturated carbocycles. The number of rotatable bonds is 6. The largest absolute Gasteiger partial charge is 0.497 e. The van der Waals surface area contributed by atoms with Gasteiger partial charge in [0.15, 0.2) is 0 Å². The highest BCUT2D eigenvalue weighted by Gasteiger charge is 2.16. The molecular weight excluding hydrogens is 342 g/mol. The molecule has 3 nitrogen and oxygen atoms in total. The molecule has 26 heavy (non-hydrogen) atoms. The van der Waals surface area contributed by atoms with Gasteiger partial charge in [-0.2, -0.15) is 0 Å². The Morgan fingerprint density at radius 3 is 2.62 bits per heavy atom. The molecule has 1 heterocycles. The van der Waals surface area contributed by atoms with Crippen molar-refractivity contribution in [3.05, 3.63) is 93.7 Å². The van der Waals surface area contributed by atoms with Crippen LogP contribution < -0.4 is 10.1 Å². The van der Waals surface area contributed by atoms with E-state index in [4.69, 9.17) is 4.74 Å². The lowest BCUT2D eigenvalue weighted by Crippen LogP contribution is -2.27. The minimum Gasteiger partial charge on any atom is -0.497 e. The molecule has 1 atom stereocenters. The van der Waals surface area contributed by atoms with Crippen molar-refractivity contribution in [1.29, 1.82) is 0 Å². The van der Waals surface area contributed by atoms with Crippen LogP contribution in [0.25, 0.3) is 6.08 Å². The molecule has 0 fully saturated rings. The first-order valence-electron chi connectivity index (χ1n) is 8.38. The number of carbonyl (C=O) groups is 1. The molecule has 0 aliphatic rings. The molecule has 3 rings (SSSR count). The summed E-state index contributed by atoms with van der Waals surface area (Å²) < 4.78 is 5.21. The lowest BCUT2D eigenvalue weighted by Gasteiger charge is -2.17. The zero-order valence-corrected chi connectivity index (χ0v) is 15.6. The fourth-order valence-corrected chi connectivity index (χ4v) is 3.44. The van der Waals surface area contributed by atoms with E-state index in [9.17, 15) is 4.79 Å². The maximum absolute atomic E-state index is 12.5. The summed E-state index contributed by atoms with van der Waals surface area (Å²) >= 11 is 1.64. The first-order chi connectivity index (χ1) is 12.7. The van der Waals surface area contributed by atoms with E-state index < -0.39 is 0 Å². The summed E-state index contributed by atoms with van der Waals surface area (Å²) in [5, 5.41) is 5.13. The van der Waals surface area contributed by atoms with Gasteiger partial charge in [-0.15, -0.1) is 11.3 Å². The van der Waals surface area contributed by atoms with Crippen LogP contribution in [0, 0.1) is 6.92 Å². The summed E-state index contributed by atoms with van der Waals surface area (Å²) in [7, 11) is 1.63. The van der Waals surface area contributed by atoms with Crippen LogP contribution in [0.4, 0.5) is 0 Å². The Labute approximate surface area is 158 Å². The molecule has 2 aromatic carbocycles. The molecule has 0 aliphatic carbocycles. The van der Waals surface area contributed by atoms with E-state index in [2.05, 4.69) is 36.5 Å². The summed E-state index contributed by atoms with van der Waals surface area (Å²) in [5.41, 5.74) is 3.19. The molecule has 1 amide bonds. The predicted octanol–water partition coefficient (Wildman–Crippen LogP) is 4.98. The molecular formula is C22H21NO2S. The smallest absolute Gasteiger partial charge is 0.244 e. The van der Waals surface area contributed by atoms with Crippen LogP contribution in [-0.4, -0.2) is 13.0 Å². The molecule has 0 saturated heterocycles. The lowest BCUT2D eigenvalue weighted by atomic mass is 10.0. The van der Waals surface area contributed by atoms with Gasteiger partial charge < -0.3 is 10.1 Å². The molecule has 4 heteroatoms. The van der Waals surface area contributed by atoms with E-state index in [1.54, 1.807) is 30.6 Å². The fraction of sp³-hybridized carbons (Fsp3) is 0.136. The van der Waals surface area contributed by atoms with Crippen molar-refractivity contribution in [2.75, 3.05) is 7.11 Å². The Morgan fingerprint density at radius 2 is 1.92 bits per heavy atom. The third-order valence-electron chi connectivity index (χ3n) is 4.05. The molecule has 1 aromatic heterocycles. The first-order valence-corrected chi connectivity index (χ1v) is 9.26. The third-order valence-corrected chi connectivity index (χ3v) is 4.98. The van der Waals surface area contributed by atoms with Gasteiger partial charge in [0.1, 0.15) is 5.75 Å². The SMILES string of the molecule is COc1cccc(/C=C/C(=O)N[C@H](c2ccc(C)cc2)c2cccs2)c1. The van der Waals surface area contributed by atoms with Crippen LogP contribution >= 0.6 is 11.3 Å². The van der Waals surface area contributed by atoms with Crippen LogP contribution in [0.15, 0.2) is 72.1 Å². The van der Waals surface area contributed by atoms with E-state index in [1.807, 2.05) is 41.8 Å². The van der Waals surface area contributed by atoms with E-state index in [0.29, 0.717) is 0 Å². The average molecular weight is 363 g/mol. The Morgan fingerprint density at radius 1 is 1.12 bits per heavy atom. The minimum atomic E-state index is -0.155. The second-order valence-electron chi connectivity index (χ2n) is 5.98. The minimum absolute atomic E-state index is 0.133. The Hall–Kier alpha value is -2.85. The van der Waals surface area contributed by atoms with Crippen molar-refractivity contribution in [3.8, 4) is 5.75 Å². The molecule has 1 N–H and O–H groups in total. The van der Waals surface area contributed by atoms with Crippen molar-refractivity contribution in [3.63, 3.8) is 0 Å². The van der Waals surface area contributed by atoms with E-state index in [1.165, 1.54) is 5.56 Å². The van der Waals surface area contributed by atoms with Crippen LogP contribution in [0.1, 0.15) is 27.6 Å².